The third-order valence-corrected chi connectivity index (χ3v) is 5.37. The van der Waals surface area contributed by atoms with Gasteiger partial charge in [-0.15, -0.1) is 0 Å². The number of hydrogen-bond donors (Lipinski definition) is 2. The standard InChI is InChI=1S/C21H18N6O/c1-21(2)7-13-5-12(8-22)9-24-18(13)20(21)25-14-3-4-16-15(6-14)19(27-26-16)17-10-23-11-28-17/h3-6,9-11,20,25H,7H2,1-2H3,(H,26,27)/t20-/m1/s1. The number of nitriles is 1. The summed E-state index contributed by atoms with van der Waals surface area (Å²) in [6.07, 6.45) is 5.58. The largest absolute Gasteiger partial charge is 0.442 e. The van der Waals surface area contributed by atoms with Gasteiger partial charge >= 0.3 is 0 Å². The Balaban J connectivity index is 1.54. The Morgan fingerprint density at radius 3 is 2.96 bits per heavy atom. The molecule has 3 aromatic heterocycles. The molecular weight excluding hydrogens is 352 g/mol. The Morgan fingerprint density at radius 2 is 2.18 bits per heavy atom. The molecule has 0 radical (unpaired) electrons. The maximum absolute atomic E-state index is 9.16. The second-order valence-corrected chi connectivity index (χ2v) is 7.82. The van der Waals surface area contributed by atoms with E-state index in [4.69, 9.17) is 9.68 Å². The first-order valence-electron chi connectivity index (χ1n) is 9.07. The molecule has 2 N–H and O–H groups in total. The summed E-state index contributed by atoms with van der Waals surface area (Å²) in [4.78, 5) is 8.57. The van der Waals surface area contributed by atoms with E-state index in [0.29, 0.717) is 11.3 Å². The van der Waals surface area contributed by atoms with E-state index < -0.39 is 0 Å². The minimum absolute atomic E-state index is 0.0253. The first kappa shape index (κ1) is 16.5. The van der Waals surface area contributed by atoms with Crippen molar-refractivity contribution in [1.29, 1.82) is 5.26 Å². The van der Waals surface area contributed by atoms with Crippen LogP contribution in [-0.4, -0.2) is 20.2 Å². The van der Waals surface area contributed by atoms with Crippen LogP contribution in [0.15, 0.2) is 47.5 Å². The number of anilines is 1. The summed E-state index contributed by atoms with van der Waals surface area (Å²) in [6, 6.07) is 10.3. The number of rotatable bonds is 3. The van der Waals surface area contributed by atoms with Crippen LogP contribution in [0.2, 0.25) is 0 Å². The van der Waals surface area contributed by atoms with E-state index in [0.717, 1.165) is 40.0 Å². The number of nitrogens with zero attached hydrogens (tertiary/aromatic N) is 4. The van der Waals surface area contributed by atoms with E-state index in [9.17, 15) is 0 Å². The van der Waals surface area contributed by atoms with Gasteiger partial charge in [0.25, 0.3) is 0 Å². The van der Waals surface area contributed by atoms with Gasteiger partial charge in [0.15, 0.2) is 12.2 Å². The summed E-state index contributed by atoms with van der Waals surface area (Å²) >= 11 is 0. The third kappa shape index (κ3) is 2.54. The van der Waals surface area contributed by atoms with Gasteiger partial charge in [-0.2, -0.15) is 10.4 Å². The van der Waals surface area contributed by atoms with Crippen molar-refractivity contribution in [2.75, 3.05) is 5.32 Å². The van der Waals surface area contributed by atoms with Crippen molar-refractivity contribution in [3.8, 4) is 17.5 Å². The second kappa shape index (κ2) is 5.92. The van der Waals surface area contributed by atoms with Gasteiger partial charge in [0.2, 0.25) is 0 Å². The molecule has 0 fully saturated rings. The fourth-order valence-corrected chi connectivity index (χ4v) is 4.00. The van der Waals surface area contributed by atoms with Crippen molar-refractivity contribution in [3.05, 3.63) is 59.9 Å². The van der Waals surface area contributed by atoms with Crippen molar-refractivity contribution >= 4 is 16.6 Å². The van der Waals surface area contributed by atoms with Gasteiger partial charge in [-0.3, -0.25) is 10.1 Å². The molecule has 1 aliphatic rings. The lowest BCUT2D eigenvalue weighted by molar-refractivity contribution is 0.334. The fourth-order valence-electron chi connectivity index (χ4n) is 4.00. The summed E-state index contributed by atoms with van der Waals surface area (Å²) in [7, 11) is 0. The molecule has 1 aromatic carbocycles. The van der Waals surface area contributed by atoms with Gasteiger partial charge in [0.1, 0.15) is 11.8 Å². The first-order valence-corrected chi connectivity index (χ1v) is 9.07. The van der Waals surface area contributed by atoms with Gasteiger partial charge in [0.05, 0.1) is 29.0 Å². The molecule has 0 bridgehead atoms. The number of oxazole rings is 1. The van der Waals surface area contributed by atoms with E-state index in [2.05, 4.69) is 51.5 Å². The predicted molar refractivity (Wildman–Crippen MR) is 104 cm³/mol. The Morgan fingerprint density at radius 1 is 1.29 bits per heavy atom. The number of pyridine rings is 1. The SMILES string of the molecule is CC1(C)Cc2cc(C#N)cnc2[C@H]1Nc1ccc2[nH]nc(-c3cnco3)c2c1. The van der Waals surface area contributed by atoms with Crippen LogP contribution in [0.3, 0.4) is 0 Å². The lowest BCUT2D eigenvalue weighted by Gasteiger charge is -2.28. The average molecular weight is 370 g/mol. The predicted octanol–water partition coefficient (Wildman–Crippen LogP) is 4.22. The molecule has 0 aliphatic heterocycles. The molecule has 7 heteroatoms. The highest BCUT2D eigenvalue weighted by Crippen LogP contribution is 2.46. The highest BCUT2D eigenvalue weighted by Gasteiger charge is 2.40. The zero-order valence-electron chi connectivity index (χ0n) is 15.5. The number of aromatic nitrogens is 4. The molecule has 7 nitrogen and oxygen atoms in total. The average Bonchev–Trinajstić information content (AvgIpc) is 3.39. The first-order chi connectivity index (χ1) is 13.5. The zero-order valence-corrected chi connectivity index (χ0v) is 15.5. The molecule has 5 rings (SSSR count). The minimum Gasteiger partial charge on any atom is -0.442 e. The van der Waals surface area contributed by atoms with Crippen LogP contribution in [0.5, 0.6) is 0 Å². The quantitative estimate of drug-likeness (QED) is 0.560. The van der Waals surface area contributed by atoms with E-state index in [-0.39, 0.29) is 11.5 Å². The molecule has 28 heavy (non-hydrogen) atoms. The lowest BCUT2D eigenvalue weighted by Crippen LogP contribution is -2.25. The van der Waals surface area contributed by atoms with Gasteiger partial charge in [-0.05, 0) is 41.7 Å². The smallest absolute Gasteiger partial charge is 0.181 e. The maximum Gasteiger partial charge on any atom is 0.181 e. The number of H-pyrrole nitrogens is 1. The summed E-state index contributed by atoms with van der Waals surface area (Å²) in [5, 5.41) is 21.2. The Hall–Kier alpha value is -3.66. The van der Waals surface area contributed by atoms with E-state index in [1.54, 1.807) is 12.4 Å². The topological polar surface area (TPSA) is 103 Å². The second-order valence-electron chi connectivity index (χ2n) is 7.82. The van der Waals surface area contributed by atoms with Crippen molar-refractivity contribution in [3.63, 3.8) is 0 Å². The highest BCUT2D eigenvalue weighted by molar-refractivity contribution is 5.93. The van der Waals surface area contributed by atoms with Crippen LogP contribution in [0.25, 0.3) is 22.4 Å². The molecule has 3 heterocycles. The van der Waals surface area contributed by atoms with Crippen LogP contribution >= 0.6 is 0 Å². The van der Waals surface area contributed by atoms with Gasteiger partial charge in [-0.25, -0.2) is 4.98 Å². The Kier molecular flexibility index (Phi) is 3.49. The fraction of sp³-hybridized carbons (Fsp3) is 0.238. The van der Waals surface area contributed by atoms with Crippen LogP contribution in [-0.2, 0) is 6.42 Å². The number of nitrogens with one attached hydrogen (secondary N) is 2. The maximum atomic E-state index is 9.16. The van der Waals surface area contributed by atoms with Crippen molar-refractivity contribution in [2.45, 2.75) is 26.3 Å². The molecule has 138 valence electrons. The molecule has 0 saturated carbocycles. The van der Waals surface area contributed by atoms with Crippen LogP contribution in [0.4, 0.5) is 5.69 Å². The van der Waals surface area contributed by atoms with E-state index in [1.165, 1.54) is 6.39 Å². The van der Waals surface area contributed by atoms with Crippen LogP contribution in [0.1, 0.15) is 36.7 Å². The summed E-state index contributed by atoms with van der Waals surface area (Å²) in [5.41, 5.74) is 5.36. The molecule has 0 amide bonds. The summed E-state index contributed by atoms with van der Waals surface area (Å²) in [5.74, 6) is 0.626. The van der Waals surface area contributed by atoms with Crippen molar-refractivity contribution in [2.24, 2.45) is 5.41 Å². The van der Waals surface area contributed by atoms with Crippen molar-refractivity contribution in [1.82, 2.24) is 20.2 Å². The van der Waals surface area contributed by atoms with Crippen LogP contribution in [0, 0.1) is 16.7 Å². The van der Waals surface area contributed by atoms with Gasteiger partial charge in [-0.1, -0.05) is 13.8 Å². The summed E-state index contributed by atoms with van der Waals surface area (Å²) in [6.45, 7) is 4.43. The molecule has 0 saturated heterocycles. The number of benzene rings is 1. The van der Waals surface area contributed by atoms with Crippen molar-refractivity contribution < 1.29 is 4.42 Å². The monoisotopic (exact) mass is 370 g/mol. The minimum atomic E-state index is -0.0253. The third-order valence-electron chi connectivity index (χ3n) is 5.37. The molecule has 0 spiro atoms. The molecule has 1 atom stereocenters. The molecular formula is C21H18N6O. The number of hydrogen-bond acceptors (Lipinski definition) is 6. The Bertz CT molecular complexity index is 1220. The molecule has 0 unspecified atom stereocenters. The molecule has 1 aliphatic carbocycles. The molecule has 4 aromatic rings. The lowest BCUT2D eigenvalue weighted by atomic mass is 9.86. The van der Waals surface area contributed by atoms with Crippen LogP contribution < -0.4 is 5.32 Å². The van der Waals surface area contributed by atoms with E-state index in [1.807, 2.05) is 18.2 Å². The van der Waals surface area contributed by atoms with Gasteiger partial charge in [0, 0.05) is 17.3 Å². The van der Waals surface area contributed by atoms with Gasteiger partial charge < -0.3 is 9.73 Å². The zero-order chi connectivity index (χ0) is 19.3. The van der Waals surface area contributed by atoms with E-state index >= 15 is 0 Å². The number of aromatic amines is 1. The Labute approximate surface area is 161 Å². The number of fused-ring (bicyclic) bond motifs is 2. The summed E-state index contributed by atoms with van der Waals surface area (Å²) < 4.78 is 5.41. The normalized spacial score (nSPS) is 17.4. The highest BCUT2D eigenvalue weighted by atomic mass is 16.3.